The number of fused-ring (bicyclic) bond motifs is 5. The summed E-state index contributed by atoms with van der Waals surface area (Å²) >= 11 is 0. The van der Waals surface area contributed by atoms with Gasteiger partial charge < -0.3 is 9.84 Å². The molecule has 1 aromatic rings. The maximum absolute atomic E-state index is 10.4. The smallest absolute Gasteiger partial charge is 0.298 e. The highest BCUT2D eigenvalue weighted by Crippen LogP contribution is 2.58. The summed E-state index contributed by atoms with van der Waals surface area (Å²) in [5, 5.41) is 9.80. The summed E-state index contributed by atoms with van der Waals surface area (Å²) in [6.45, 7) is 0.457. The molecule has 0 radical (unpaired) electrons. The van der Waals surface area contributed by atoms with Crippen molar-refractivity contribution in [1.29, 1.82) is 0 Å². The number of benzene rings is 1. The van der Waals surface area contributed by atoms with Crippen LogP contribution in [0.5, 0.6) is 11.5 Å². The van der Waals surface area contributed by atoms with Crippen molar-refractivity contribution in [3.63, 3.8) is 0 Å². The highest BCUT2D eigenvalue weighted by molar-refractivity contribution is 5.59. The van der Waals surface area contributed by atoms with Crippen molar-refractivity contribution in [3.8, 4) is 11.5 Å². The van der Waals surface area contributed by atoms with Gasteiger partial charge in [0, 0.05) is 11.1 Å². The van der Waals surface area contributed by atoms with E-state index in [4.69, 9.17) is 4.74 Å². The van der Waals surface area contributed by atoms with Crippen LogP contribution in [0.4, 0.5) is 0 Å². The summed E-state index contributed by atoms with van der Waals surface area (Å²) in [6.07, 6.45) is 3.40. The molecule has 1 fully saturated rings. The van der Waals surface area contributed by atoms with Crippen LogP contribution in [0.2, 0.25) is 0 Å². The number of hydrogen-bond donors (Lipinski definition) is 1. The van der Waals surface area contributed by atoms with E-state index in [1.165, 1.54) is 0 Å². The number of phenols is 1. The fraction of sp³-hybridized carbons (Fsp3) is 0.417. The summed E-state index contributed by atoms with van der Waals surface area (Å²) in [5.74, 6) is 1.94. The SMILES string of the molecule is O=COc1ccc(O)c2c1[C@@H]1CCC2C1. The van der Waals surface area contributed by atoms with Crippen LogP contribution in [0.25, 0.3) is 0 Å². The first-order valence-electron chi connectivity index (χ1n) is 5.27. The summed E-state index contributed by atoms with van der Waals surface area (Å²) in [4.78, 5) is 10.4. The highest BCUT2D eigenvalue weighted by atomic mass is 16.5. The molecule has 1 unspecified atom stereocenters. The Hall–Kier alpha value is -1.51. The van der Waals surface area contributed by atoms with Crippen molar-refractivity contribution in [2.75, 3.05) is 0 Å². The number of phenolic OH excluding ortho intramolecular Hbond substituents is 1. The number of hydrogen-bond acceptors (Lipinski definition) is 3. The fourth-order valence-corrected chi connectivity index (χ4v) is 3.12. The van der Waals surface area contributed by atoms with Crippen LogP contribution in [-0.2, 0) is 4.79 Å². The molecule has 0 aliphatic heterocycles. The minimum Gasteiger partial charge on any atom is -0.508 e. The van der Waals surface area contributed by atoms with Crippen molar-refractivity contribution in [1.82, 2.24) is 0 Å². The molecule has 2 aliphatic carbocycles. The van der Waals surface area contributed by atoms with E-state index in [1.807, 2.05) is 0 Å². The Morgan fingerprint density at radius 3 is 2.73 bits per heavy atom. The topological polar surface area (TPSA) is 46.5 Å². The van der Waals surface area contributed by atoms with E-state index in [1.54, 1.807) is 12.1 Å². The lowest BCUT2D eigenvalue weighted by atomic mass is 9.90. The predicted octanol–water partition coefficient (Wildman–Crippen LogP) is 2.29. The Kier molecular flexibility index (Phi) is 1.75. The van der Waals surface area contributed by atoms with Gasteiger partial charge in [0.1, 0.15) is 11.5 Å². The largest absolute Gasteiger partial charge is 0.508 e. The van der Waals surface area contributed by atoms with E-state index < -0.39 is 0 Å². The van der Waals surface area contributed by atoms with E-state index in [0.29, 0.717) is 29.8 Å². The zero-order valence-electron chi connectivity index (χ0n) is 8.27. The average molecular weight is 204 g/mol. The minimum atomic E-state index is 0.357. The Labute approximate surface area is 87.7 Å². The molecule has 0 aromatic heterocycles. The number of rotatable bonds is 2. The number of ether oxygens (including phenoxy) is 1. The fourth-order valence-electron chi connectivity index (χ4n) is 3.12. The number of carbonyl (C=O) groups excluding carboxylic acids is 1. The van der Waals surface area contributed by atoms with E-state index >= 15 is 0 Å². The number of carbonyl (C=O) groups is 1. The van der Waals surface area contributed by atoms with Crippen LogP contribution in [0.1, 0.15) is 42.2 Å². The van der Waals surface area contributed by atoms with Gasteiger partial charge >= 0.3 is 0 Å². The maximum Gasteiger partial charge on any atom is 0.298 e. The van der Waals surface area contributed by atoms with E-state index in [0.717, 1.165) is 30.4 Å². The highest BCUT2D eigenvalue weighted by Gasteiger charge is 2.40. The van der Waals surface area contributed by atoms with Gasteiger partial charge in [-0.05, 0) is 43.2 Å². The van der Waals surface area contributed by atoms with E-state index in [9.17, 15) is 9.90 Å². The van der Waals surface area contributed by atoms with Crippen LogP contribution < -0.4 is 4.74 Å². The van der Waals surface area contributed by atoms with Crippen LogP contribution in [-0.4, -0.2) is 11.6 Å². The Morgan fingerprint density at radius 1 is 1.27 bits per heavy atom. The molecule has 1 saturated carbocycles. The van der Waals surface area contributed by atoms with Gasteiger partial charge in [-0.3, -0.25) is 4.79 Å². The van der Waals surface area contributed by atoms with Crippen molar-refractivity contribution in [2.45, 2.75) is 31.1 Å². The van der Waals surface area contributed by atoms with Crippen molar-refractivity contribution < 1.29 is 14.6 Å². The maximum atomic E-state index is 10.4. The molecule has 3 rings (SSSR count). The van der Waals surface area contributed by atoms with Crippen LogP contribution in [0.3, 0.4) is 0 Å². The Balaban J connectivity index is 2.18. The molecule has 0 amide bonds. The first-order valence-corrected chi connectivity index (χ1v) is 5.27. The normalized spacial score (nSPS) is 26.4. The molecule has 15 heavy (non-hydrogen) atoms. The van der Waals surface area contributed by atoms with Crippen LogP contribution in [0.15, 0.2) is 12.1 Å². The third-order valence-corrected chi connectivity index (χ3v) is 3.65. The Morgan fingerprint density at radius 2 is 2.00 bits per heavy atom. The minimum absolute atomic E-state index is 0.357. The summed E-state index contributed by atoms with van der Waals surface area (Å²) in [7, 11) is 0. The molecule has 1 N–H and O–H groups in total. The lowest BCUT2D eigenvalue weighted by Gasteiger charge is -2.18. The van der Waals surface area contributed by atoms with Gasteiger partial charge in [0.25, 0.3) is 6.47 Å². The average Bonchev–Trinajstić information content (AvgIpc) is 2.83. The summed E-state index contributed by atoms with van der Waals surface area (Å²) < 4.78 is 4.96. The van der Waals surface area contributed by atoms with E-state index in [2.05, 4.69) is 0 Å². The van der Waals surface area contributed by atoms with Crippen LogP contribution in [0, 0.1) is 0 Å². The zero-order valence-corrected chi connectivity index (χ0v) is 8.27. The van der Waals surface area contributed by atoms with Crippen molar-refractivity contribution in [2.24, 2.45) is 0 Å². The zero-order chi connectivity index (χ0) is 10.4. The third kappa shape index (κ3) is 1.09. The molecule has 3 heteroatoms. The molecule has 78 valence electrons. The van der Waals surface area contributed by atoms with Gasteiger partial charge in [0.2, 0.25) is 0 Å². The van der Waals surface area contributed by atoms with Gasteiger partial charge in [-0.2, -0.15) is 0 Å². The van der Waals surface area contributed by atoms with Gasteiger partial charge in [0.05, 0.1) is 0 Å². The molecule has 1 aromatic carbocycles. The molecular formula is C12H12O3. The second-order valence-corrected chi connectivity index (χ2v) is 4.33. The molecule has 3 nitrogen and oxygen atoms in total. The lowest BCUT2D eigenvalue weighted by molar-refractivity contribution is -0.120. The predicted molar refractivity (Wildman–Crippen MR) is 54.1 cm³/mol. The van der Waals surface area contributed by atoms with Gasteiger partial charge in [-0.25, -0.2) is 0 Å². The second-order valence-electron chi connectivity index (χ2n) is 4.33. The quantitative estimate of drug-likeness (QED) is 0.752. The van der Waals surface area contributed by atoms with Crippen molar-refractivity contribution in [3.05, 3.63) is 23.3 Å². The van der Waals surface area contributed by atoms with Gasteiger partial charge in [0.15, 0.2) is 0 Å². The summed E-state index contributed by atoms with van der Waals surface area (Å²) in [6, 6.07) is 3.31. The first-order chi connectivity index (χ1) is 7.31. The standard InChI is InChI=1S/C12H12O3/c13-6-15-10-4-3-9(14)11-7-1-2-8(5-7)12(10)11/h3-4,6-8,14H,1-2,5H2/t7?,8-/m1/s1. The first kappa shape index (κ1) is 8.77. The molecule has 2 atom stereocenters. The van der Waals surface area contributed by atoms with E-state index in [-0.39, 0.29) is 0 Å². The molecular weight excluding hydrogens is 192 g/mol. The number of aromatic hydroxyl groups is 1. The Bertz CT molecular complexity index is 425. The molecule has 0 saturated heterocycles. The molecule has 0 spiro atoms. The third-order valence-electron chi connectivity index (χ3n) is 3.65. The van der Waals surface area contributed by atoms with Crippen LogP contribution >= 0.6 is 0 Å². The molecule has 0 heterocycles. The lowest BCUT2D eigenvalue weighted by Crippen LogP contribution is -2.02. The molecule has 2 aliphatic rings. The van der Waals surface area contributed by atoms with Gasteiger partial charge in [-0.1, -0.05) is 0 Å². The monoisotopic (exact) mass is 204 g/mol. The molecule has 2 bridgehead atoms. The summed E-state index contributed by atoms with van der Waals surface area (Å²) in [5.41, 5.74) is 2.09. The second kappa shape index (κ2) is 2.99. The van der Waals surface area contributed by atoms with Crippen molar-refractivity contribution >= 4 is 6.47 Å². The van der Waals surface area contributed by atoms with Gasteiger partial charge in [-0.15, -0.1) is 0 Å².